The summed E-state index contributed by atoms with van der Waals surface area (Å²) in [5.74, 6) is 0.0870. The van der Waals surface area contributed by atoms with Crippen molar-refractivity contribution < 1.29 is 9.13 Å². The van der Waals surface area contributed by atoms with Crippen LogP contribution in [0.25, 0.3) is 0 Å². The van der Waals surface area contributed by atoms with Crippen molar-refractivity contribution in [3.05, 3.63) is 120 Å². The van der Waals surface area contributed by atoms with Gasteiger partial charge in [0.05, 0.1) is 5.90 Å². The van der Waals surface area contributed by atoms with Crippen LogP contribution in [-0.2, 0) is 9.13 Å². The highest BCUT2D eigenvalue weighted by atomic mass is 31.2. The van der Waals surface area contributed by atoms with E-state index in [-0.39, 0.29) is 5.90 Å². The van der Waals surface area contributed by atoms with Gasteiger partial charge in [0.15, 0.2) is 14.3 Å². The van der Waals surface area contributed by atoms with Gasteiger partial charge in [0.25, 0.3) is 0 Å². The molecule has 0 atom stereocenters. The molecule has 4 rings (SSSR count). The van der Waals surface area contributed by atoms with Crippen LogP contribution in [0.15, 0.2) is 109 Å². The topological polar surface area (TPSA) is 34.1 Å². The van der Waals surface area contributed by atoms with Crippen LogP contribution in [-0.4, -0.2) is 5.90 Å². The van der Waals surface area contributed by atoms with E-state index in [0.29, 0.717) is 0 Å². The van der Waals surface area contributed by atoms with Gasteiger partial charge in [0.2, 0.25) is 0 Å². The first-order valence-electron chi connectivity index (χ1n) is 10.4. The lowest BCUT2D eigenvalue weighted by Crippen LogP contribution is -2.27. The molecule has 156 valence electrons. The fraction of sp³-hybridized carbons (Fsp3) is 0.111. The van der Waals surface area contributed by atoms with Crippen molar-refractivity contribution in [3.8, 4) is 0 Å². The molecule has 0 spiro atoms. The first-order valence-corrected chi connectivity index (χ1v) is 14.2. The summed E-state index contributed by atoms with van der Waals surface area (Å²) in [6.45, 7) is 3.96. The minimum atomic E-state index is -3.21. The Balaban J connectivity index is 2.00. The van der Waals surface area contributed by atoms with Crippen molar-refractivity contribution in [1.82, 2.24) is 0 Å². The van der Waals surface area contributed by atoms with Gasteiger partial charge in [-0.3, -0.25) is 0 Å². The molecule has 2 nitrogen and oxygen atoms in total. The number of hydrogen-bond donors (Lipinski definition) is 0. The molecule has 0 aromatic heterocycles. The highest BCUT2D eigenvalue weighted by Gasteiger charge is 2.40. The van der Waals surface area contributed by atoms with Crippen LogP contribution in [0.4, 0.5) is 0 Å². The molecule has 0 aliphatic heterocycles. The molecule has 0 saturated carbocycles. The van der Waals surface area contributed by atoms with E-state index in [1.54, 1.807) is 0 Å². The van der Waals surface area contributed by atoms with Crippen molar-refractivity contribution in [2.24, 2.45) is 0 Å². The van der Waals surface area contributed by atoms with E-state index < -0.39 is 14.3 Å². The summed E-state index contributed by atoms with van der Waals surface area (Å²) in [5.41, 5.74) is 1.92. The molecule has 0 aliphatic carbocycles. The van der Waals surface area contributed by atoms with Gasteiger partial charge in [-0.1, -0.05) is 109 Å². The predicted octanol–water partition coefficient (Wildman–Crippen LogP) is 5.59. The average molecular weight is 444 g/mol. The molecule has 0 bridgehead atoms. The van der Waals surface area contributed by atoms with Gasteiger partial charge in [0.1, 0.15) is 0 Å². The molecule has 0 unspecified atom stereocenters. The first kappa shape index (κ1) is 21.6. The number of hydrogen-bond acceptors (Lipinski definition) is 2. The average Bonchev–Trinajstić information content (AvgIpc) is 2.80. The third kappa shape index (κ3) is 4.11. The maximum absolute atomic E-state index is 15.0. The van der Waals surface area contributed by atoms with E-state index in [1.165, 1.54) is 0 Å². The lowest BCUT2D eigenvalue weighted by atomic mass is 10.2. The van der Waals surface area contributed by atoms with Crippen LogP contribution < -0.4 is 21.2 Å². The van der Waals surface area contributed by atoms with Gasteiger partial charge in [-0.15, -0.1) is 0 Å². The first-order chi connectivity index (χ1) is 14.9. The zero-order valence-corrected chi connectivity index (χ0v) is 19.6. The smallest absolute Gasteiger partial charge is 0.151 e. The summed E-state index contributed by atoms with van der Waals surface area (Å²) >= 11 is 0. The van der Waals surface area contributed by atoms with E-state index in [1.807, 2.05) is 123 Å². The standard InChI is InChI=1S/C27H26O2P2/c1-22-13-9-11-19-26(22)31(29,27-20-12-10-14-23(27)2)21-30(28,24-15-5-3-6-16-24)25-17-7-4-8-18-25/h3-20H,21H2,1-2H3. The van der Waals surface area contributed by atoms with Crippen LogP contribution >= 0.6 is 14.3 Å². The Labute approximate surface area is 184 Å². The summed E-state index contributed by atoms with van der Waals surface area (Å²) in [5, 5.41) is 3.06. The Kier molecular flexibility index (Phi) is 6.15. The molecule has 0 saturated heterocycles. The van der Waals surface area contributed by atoms with Crippen molar-refractivity contribution >= 4 is 35.5 Å². The van der Waals surface area contributed by atoms with Gasteiger partial charge in [-0.25, -0.2) is 0 Å². The van der Waals surface area contributed by atoms with E-state index in [2.05, 4.69) is 0 Å². The summed E-state index contributed by atoms with van der Waals surface area (Å²) in [7, 11) is -6.39. The molecule has 0 aliphatic rings. The molecule has 0 fully saturated rings. The maximum Gasteiger partial charge on any atom is 0.151 e. The largest absolute Gasteiger partial charge is 0.313 e. The lowest BCUT2D eigenvalue weighted by molar-refractivity contribution is 0.582. The number of benzene rings is 4. The molecule has 0 radical (unpaired) electrons. The normalized spacial score (nSPS) is 11.9. The minimum absolute atomic E-state index is 0.0870. The molecule has 31 heavy (non-hydrogen) atoms. The molecule has 0 N–H and O–H groups in total. The minimum Gasteiger partial charge on any atom is -0.313 e. The Bertz CT molecular complexity index is 1190. The second kappa shape index (κ2) is 8.83. The van der Waals surface area contributed by atoms with Crippen LogP contribution in [0.2, 0.25) is 0 Å². The van der Waals surface area contributed by atoms with Crippen molar-refractivity contribution in [2.45, 2.75) is 13.8 Å². The second-order valence-electron chi connectivity index (χ2n) is 7.86. The third-order valence-electron chi connectivity index (χ3n) is 5.75. The van der Waals surface area contributed by atoms with Crippen LogP contribution in [0.5, 0.6) is 0 Å². The van der Waals surface area contributed by atoms with Gasteiger partial charge >= 0.3 is 0 Å². The van der Waals surface area contributed by atoms with Crippen molar-refractivity contribution in [2.75, 3.05) is 5.90 Å². The predicted molar refractivity (Wildman–Crippen MR) is 134 cm³/mol. The zero-order valence-electron chi connectivity index (χ0n) is 17.8. The molecular formula is C27H26O2P2. The zero-order chi connectivity index (χ0) is 21.9. The summed E-state index contributed by atoms with van der Waals surface area (Å²) < 4.78 is 29.9. The Morgan fingerprint density at radius 3 is 1.23 bits per heavy atom. The number of rotatable bonds is 6. The fourth-order valence-corrected chi connectivity index (χ4v) is 12.7. The Morgan fingerprint density at radius 1 is 0.484 bits per heavy atom. The highest BCUT2D eigenvalue weighted by Crippen LogP contribution is 2.59. The molecule has 0 heterocycles. The molecular weight excluding hydrogens is 418 g/mol. The Morgan fingerprint density at radius 2 is 0.839 bits per heavy atom. The van der Waals surface area contributed by atoms with Gasteiger partial charge in [0, 0.05) is 21.2 Å². The summed E-state index contributed by atoms with van der Waals surface area (Å²) in [6, 6.07) is 34.6. The Hall–Kier alpha value is -2.66. The summed E-state index contributed by atoms with van der Waals surface area (Å²) in [4.78, 5) is 0. The molecule has 4 heteroatoms. The van der Waals surface area contributed by atoms with E-state index in [4.69, 9.17) is 0 Å². The van der Waals surface area contributed by atoms with Crippen molar-refractivity contribution in [1.29, 1.82) is 0 Å². The third-order valence-corrected chi connectivity index (χ3v) is 13.8. The highest BCUT2D eigenvalue weighted by molar-refractivity contribution is 7.94. The quantitative estimate of drug-likeness (QED) is 0.364. The van der Waals surface area contributed by atoms with Gasteiger partial charge in [-0.2, -0.15) is 0 Å². The van der Waals surface area contributed by atoms with Crippen molar-refractivity contribution in [3.63, 3.8) is 0 Å². The van der Waals surface area contributed by atoms with Gasteiger partial charge < -0.3 is 9.13 Å². The van der Waals surface area contributed by atoms with Crippen LogP contribution in [0.1, 0.15) is 11.1 Å². The van der Waals surface area contributed by atoms with E-state index in [0.717, 1.165) is 32.3 Å². The second-order valence-corrected chi connectivity index (χ2v) is 14.0. The summed E-state index contributed by atoms with van der Waals surface area (Å²) in [6.07, 6.45) is 0. The van der Waals surface area contributed by atoms with Crippen LogP contribution in [0, 0.1) is 13.8 Å². The maximum atomic E-state index is 15.0. The SMILES string of the molecule is Cc1ccccc1P(=O)(CP(=O)(c1ccccc1)c1ccccc1)c1ccccc1C. The molecule has 4 aromatic rings. The molecule has 4 aromatic carbocycles. The lowest BCUT2D eigenvalue weighted by Gasteiger charge is -2.28. The van der Waals surface area contributed by atoms with Gasteiger partial charge in [-0.05, 0) is 25.0 Å². The number of aryl methyl sites for hydroxylation is 2. The van der Waals surface area contributed by atoms with E-state index >= 15 is 4.57 Å². The fourth-order valence-electron chi connectivity index (χ4n) is 4.15. The molecule has 0 amide bonds. The monoisotopic (exact) mass is 444 g/mol. The van der Waals surface area contributed by atoms with Crippen LogP contribution in [0.3, 0.4) is 0 Å². The van der Waals surface area contributed by atoms with E-state index in [9.17, 15) is 4.57 Å².